The molecule has 23 heavy (non-hydrogen) atoms. The molecule has 1 saturated heterocycles. The molecule has 0 radical (unpaired) electrons. The molecule has 1 N–H and O–H groups in total. The molecule has 0 saturated carbocycles. The molecule has 0 aromatic carbocycles. The summed E-state index contributed by atoms with van der Waals surface area (Å²) in [5.74, 6) is -0.257. The second kappa shape index (κ2) is 5.36. The average Bonchev–Trinajstić information content (AvgIpc) is 2.45. The van der Waals surface area contributed by atoms with Gasteiger partial charge in [0.05, 0.1) is 18.4 Å². The molecule has 124 valence electrons. The number of fused-ring (bicyclic) bond motifs is 3. The van der Waals surface area contributed by atoms with Crippen LogP contribution in [-0.4, -0.2) is 53.2 Å². The minimum absolute atomic E-state index is 0.208. The highest BCUT2D eigenvalue weighted by atomic mass is 19.1. The number of carbonyl (C=O) groups excluding carboxylic acids is 2. The first-order valence-electron chi connectivity index (χ1n) is 7.45. The van der Waals surface area contributed by atoms with Crippen molar-refractivity contribution in [1.82, 2.24) is 9.88 Å². The molecular formula is C15H19FN4O3. The van der Waals surface area contributed by atoms with Crippen molar-refractivity contribution >= 4 is 23.5 Å². The van der Waals surface area contributed by atoms with Gasteiger partial charge >= 0.3 is 6.09 Å². The van der Waals surface area contributed by atoms with Crippen LogP contribution >= 0.6 is 0 Å². The van der Waals surface area contributed by atoms with E-state index in [4.69, 9.17) is 4.74 Å². The molecule has 2 aliphatic rings. The third-order valence-electron chi connectivity index (χ3n) is 3.70. The van der Waals surface area contributed by atoms with E-state index in [1.807, 2.05) is 0 Å². The Balaban J connectivity index is 1.79. The van der Waals surface area contributed by atoms with Crippen LogP contribution in [0.4, 0.5) is 20.7 Å². The summed E-state index contributed by atoms with van der Waals surface area (Å²) in [7, 11) is 0. The van der Waals surface area contributed by atoms with E-state index in [1.54, 1.807) is 25.7 Å². The van der Waals surface area contributed by atoms with Gasteiger partial charge in [0.15, 0.2) is 5.82 Å². The second-order valence-corrected chi connectivity index (χ2v) is 6.65. The number of nitrogens with zero attached hydrogens (tertiary/aromatic N) is 3. The van der Waals surface area contributed by atoms with Gasteiger partial charge in [0, 0.05) is 19.2 Å². The molecular weight excluding hydrogens is 303 g/mol. The van der Waals surface area contributed by atoms with E-state index >= 15 is 0 Å². The van der Waals surface area contributed by atoms with Gasteiger partial charge in [0.25, 0.3) is 0 Å². The zero-order valence-corrected chi connectivity index (χ0v) is 13.3. The average molecular weight is 322 g/mol. The minimum Gasteiger partial charge on any atom is -0.444 e. The summed E-state index contributed by atoms with van der Waals surface area (Å²) in [6.07, 6.45) is 0.677. The molecule has 2 aliphatic heterocycles. The van der Waals surface area contributed by atoms with Gasteiger partial charge in [0.1, 0.15) is 17.5 Å². The number of nitrogens with one attached hydrogen (secondary N) is 1. The maximum absolute atomic E-state index is 13.3. The third-order valence-corrected chi connectivity index (χ3v) is 3.70. The van der Waals surface area contributed by atoms with Gasteiger partial charge in [-0.3, -0.25) is 4.79 Å². The number of piperazine rings is 1. The van der Waals surface area contributed by atoms with Crippen LogP contribution in [0.2, 0.25) is 0 Å². The lowest BCUT2D eigenvalue weighted by molar-refractivity contribution is -0.118. The largest absolute Gasteiger partial charge is 0.444 e. The van der Waals surface area contributed by atoms with Crippen molar-refractivity contribution in [2.45, 2.75) is 32.4 Å². The SMILES string of the molecule is CC(C)(C)OC(=O)N1CCN2c3ncc(F)cc3NC(=O)C2C1. The molecule has 2 amide bonds. The summed E-state index contributed by atoms with van der Waals surface area (Å²) in [6, 6.07) is 0.693. The summed E-state index contributed by atoms with van der Waals surface area (Å²) in [6.45, 7) is 6.44. The lowest BCUT2D eigenvalue weighted by Gasteiger charge is -2.44. The summed E-state index contributed by atoms with van der Waals surface area (Å²) in [4.78, 5) is 31.8. The number of hydrogen-bond acceptors (Lipinski definition) is 5. The Bertz CT molecular complexity index is 659. The van der Waals surface area contributed by atoms with Gasteiger partial charge in [-0.25, -0.2) is 14.2 Å². The predicted molar refractivity (Wildman–Crippen MR) is 81.8 cm³/mol. The molecule has 8 heteroatoms. The van der Waals surface area contributed by atoms with Crippen molar-refractivity contribution in [1.29, 1.82) is 0 Å². The first kappa shape index (κ1) is 15.5. The standard InChI is InChI=1S/C15H19FN4O3/c1-15(2,3)23-14(22)19-4-5-20-11(8-19)13(21)18-10-6-9(16)7-17-12(10)20/h6-7,11H,4-5,8H2,1-3H3,(H,18,21). The van der Waals surface area contributed by atoms with Gasteiger partial charge in [-0.2, -0.15) is 0 Å². The summed E-state index contributed by atoms with van der Waals surface area (Å²) in [5, 5.41) is 2.65. The number of hydrogen-bond donors (Lipinski definition) is 1. The first-order chi connectivity index (χ1) is 10.7. The van der Waals surface area contributed by atoms with Crippen molar-refractivity contribution in [3.05, 3.63) is 18.1 Å². The number of carbonyl (C=O) groups is 2. The van der Waals surface area contributed by atoms with Gasteiger partial charge in [-0.15, -0.1) is 0 Å². The fraction of sp³-hybridized carbons (Fsp3) is 0.533. The molecule has 7 nitrogen and oxygen atoms in total. The quantitative estimate of drug-likeness (QED) is 0.785. The van der Waals surface area contributed by atoms with Gasteiger partial charge in [-0.1, -0.05) is 0 Å². The number of halogens is 1. The van der Waals surface area contributed by atoms with Crippen molar-refractivity contribution in [3.63, 3.8) is 0 Å². The van der Waals surface area contributed by atoms with Gasteiger partial charge in [0.2, 0.25) is 5.91 Å². The Morgan fingerprint density at radius 3 is 2.87 bits per heavy atom. The molecule has 0 bridgehead atoms. The van der Waals surface area contributed by atoms with Crippen LogP contribution in [0, 0.1) is 5.82 Å². The smallest absolute Gasteiger partial charge is 0.410 e. The molecule has 1 atom stereocenters. The number of amides is 2. The monoisotopic (exact) mass is 322 g/mol. The number of pyridine rings is 1. The van der Waals surface area contributed by atoms with Crippen LogP contribution in [0.15, 0.2) is 12.3 Å². The van der Waals surface area contributed by atoms with Crippen LogP contribution in [0.5, 0.6) is 0 Å². The number of aromatic nitrogens is 1. The lowest BCUT2D eigenvalue weighted by atomic mass is 10.1. The fourth-order valence-electron chi connectivity index (χ4n) is 2.72. The van der Waals surface area contributed by atoms with Crippen molar-refractivity contribution in [3.8, 4) is 0 Å². The summed E-state index contributed by atoms with van der Waals surface area (Å²) in [5.41, 5.74) is -0.230. The van der Waals surface area contributed by atoms with Crippen molar-refractivity contribution in [2.75, 3.05) is 29.9 Å². The van der Waals surface area contributed by atoms with Gasteiger partial charge in [-0.05, 0) is 20.8 Å². The van der Waals surface area contributed by atoms with E-state index in [0.717, 1.165) is 6.20 Å². The fourth-order valence-corrected chi connectivity index (χ4v) is 2.72. The van der Waals surface area contributed by atoms with E-state index in [-0.39, 0.29) is 12.5 Å². The first-order valence-corrected chi connectivity index (χ1v) is 7.45. The lowest BCUT2D eigenvalue weighted by Crippen LogP contribution is -2.61. The molecule has 1 aromatic heterocycles. The molecule has 1 unspecified atom stereocenters. The highest BCUT2D eigenvalue weighted by Crippen LogP contribution is 2.32. The Morgan fingerprint density at radius 2 is 2.17 bits per heavy atom. The predicted octanol–water partition coefficient (Wildman–Crippen LogP) is 1.60. The summed E-state index contributed by atoms with van der Waals surface area (Å²) >= 11 is 0. The Kier molecular flexibility index (Phi) is 3.62. The van der Waals surface area contributed by atoms with E-state index in [9.17, 15) is 14.0 Å². The topological polar surface area (TPSA) is 74.8 Å². The maximum atomic E-state index is 13.3. The molecule has 0 spiro atoms. The Labute approximate surface area is 133 Å². The third kappa shape index (κ3) is 3.06. The summed E-state index contributed by atoms with van der Waals surface area (Å²) < 4.78 is 18.6. The second-order valence-electron chi connectivity index (χ2n) is 6.65. The highest BCUT2D eigenvalue weighted by Gasteiger charge is 2.40. The van der Waals surface area contributed by atoms with Crippen molar-refractivity contribution in [2.24, 2.45) is 0 Å². The Morgan fingerprint density at radius 1 is 1.43 bits per heavy atom. The van der Waals surface area contributed by atoms with Crippen LogP contribution < -0.4 is 10.2 Å². The van der Waals surface area contributed by atoms with E-state index in [0.29, 0.717) is 24.6 Å². The van der Waals surface area contributed by atoms with E-state index < -0.39 is 23.6 Å². The number of ether oxygens (including phenoxy) is 1. The minimum atomic E-state index is -0.589. The molecule has 0 aliphatic carbocycles. The maximum Gasteiger partial charge on any atom is 0.410 e. The number of anilines is 2. The molecule has 1 fully saturated rings. The van der Waals surface area contributed by atoms with Crippen LogP contribution in [0.3, 0.4) is 0 Å². The normalized spacial score (nSPS) is 20.5. The van der Waals surface area contributed by atoms with E-state index in [2.05, 4.69) is 10.3 Å². The molecule has 1 aromatic rings. The van der Waals surface area contributed by atoms with Crippen LogP contribution in [0.1, 0.15) is 20.8 Å². The molecule has 3 heterocycles. The Hall–Kier alpha value is -2.38. The van der Waals surface area contributed by atoms with Gasteiger partial charge < -0.3 is 19.9 Å². The zero-order valence-electron chi connectivity index (χ0n) is 13.3. The highest BCUT2D eigenvalue weighted by molar-refractivity contribution is 6.03. The zero-order chi connectivity index (χ0) is 16.8. The number of rotatable bonds is 0. The van der Waals surface area contributed by atoms with Crippen LogP contribution in [0.25, 0.3) is 0 Å². The molecule has 3 rings (SSSR count). The van der Waals surface area contributed by atoms with E-state index in [1.165, 1.54) is 11.0 Å². The van der Waals surface area contributed by atoms with Crippen molar-refractivity contribution < 1.29 is 18.7 Å². The van der Waals surface area contributed by atoms with Crippen LogP contribution in [-0.2, 0) is 9.53 Å².